The largest absolute Gasteiger partial charge is 0.254 e. The molecular formula is C11H13ClN4. The van der Waals surface area contributed by atoms with Crippen molar-refractivity contribution < 1.29 is 0 Å². The molecule has 0 saturated carbocycles. The summed E-state index contributed by atoms with van der Waals surface area (Å²) < 4.78 is 1.67. The molecule has 2 aromatic heterocycles. The fourth-order valence-corrected chi connectivity index (χ4v) is 2.50. The molecule has 0 saturated heterocycles. The van der Waals surface area contributed by atoms with E-state index in [4.69, 9.17) is 11.6 Å². The predicted octanol–water partition coefficient (Wildman–Crippen LogP) is 2.22. The molecule has 2 aromatic rings. The number of aryl methyl sites for hydroxylation is 2. The van der Waals surface area contributed by atoms with Crippen LogP contribution in [0.5, 0.6) is 0 Å². The number of halogens is 1. The van der Waals surface area contributed by atoms with Crippen molar-refractivity contribution in [2.24, 2.45) is 0 Å². The maximum Gasteiger partial charge on any atom is 0.254 e. The van der Waals surface area contributed by atoms with Crippen LogP contribution in [0, 0.1) is 0 Å². The molecular weight excluding hydrogens is 224 g/mol. The molecule has 0 atom stereocenters. The zero-order chi connectivity index (χ0) is 11.1. The number of hydrogen-bond donors (Lipinski definition) is 0. The van der Waals surface area contributed by atoms with E-state index in [1.54, 1.807) is 4.52 Å². The quantitative estimate of drug-likeness (QED) is 0.713. The summed E-state index contributed by atoms with van der Waals surface area (Å²) in [5, 5.41) is 5.05. The van der Waals surface area contributed by atoms with E-state index in [0.717, 1.165) is 36.3 Å². The maximum absolute atomic E-state index is 6.35. The number of aromatic nitrogens is 4. The maximum atomic E-state index is 6.35. The molecule has 0 radical (unpaired) electrons. The molecule has 2 heterocycles. The van der Waals surface area contributed by atoms with Gasteiger partial charge in [-0.1, -0.05) is 18.5 Å². The first kappa shape index (κ1) is 10.0. The van der Waals surface area contributed by atoms with Gasteiger partial charge in [-0.25, -0.2) is 4.98 Å². The van der Waals surface area contributed by atoms with Crippen LogP contribution >= 0.6 is 11.6 Å². The minimum atomic E-state index is 0.641. The van der Waals surface area contributed by atoms with Crippen molar-refractivity contribution in [1.82, 2.24) is 19.6 Å². The molecule has 0 aliphatic heterocycles. The van der Waals surface area contributed by atoms with E-state index < -0.39 is 0 Å². The lowest BCUT2D eigenvalue weighted by Gasteiger charge is -2.15. The Labute approximate surface area is 98.7 Å². The lowest BCUT2D eigenvalue weighted by molar-refractivity contribution is 0.659. The topological polar surface area (TPSA) is 43.1 Å². The minimum Gasteiger partial charge on any atom is -0.216 e. The van der Waals surface area contributed by atoms with Crippen LogP contribution in [0.25, 0.3) is 5.78 Å². The number of fused-ring (bicyclic) bond motifs is 2. The average molecular weight is 237 g/mol. The third-order valence-electron chi connectivity index (χ3n) is 3.06. The minimum absolute atomic E-state index is 0.641. The Morgan fingerprint density at radius 3 is 2.88 bits per heavy atom. The standard InChI is InChI=1S/C11H13ClN4/c1-2-9-14-11-13-8-6-4-3-5-7(8)10(12)16(11)15-9/h2-6H2,1H3. The van der Waals surface area contributed by atoms with Gasteiger partial charge in [0.1, 0.15) is 5.15 Å². The SMILES string of the molecule is CCc1nc2nc3c(c(Cl)n2n1)CCCC3. The fourth-order valence-electron chi connectivity index (χ4n) is 2.18. The van der Waals surface area contributed by atoms with Gasteiger partial charge in [0.05, 0.1) is 5.69 Å². The third kappa shape index (κ3) is 1.40. The zero-order valence-corrected chi connectivity index (χ0v) is 9.96. The summed E-state index contributed by atoms with van der Waals surface area (Å²) in [5.74, 6) is 1.44. The highest BCUT2D eigenvalue weighted by atomic mass is 35.5. The van der Waals surface area contributed by atoms with Crippen LogP contribution in [0.15, 0.2) is 0 Å². The molecule has 0 unspecified atom stereocenters. The Bertz CT molecular complexity index is 546. The van der Waals surface area contributed by atoms with Crippen molar-refractivity contribution in [3.05, 3.63) is 22.2 Å². The Morgan fingerprint density at radius 2 is 2.06 bits per heavy atom. The molecule has 16 heavy (non-hydrogen) atoms. The molecule has 1 aliphatic rings. The Balaban J connectivity index is 2.28. The fraction of sp³-hybridized carbons (Fsp3) is 0.545. The molecule has 0 N–H and O–H groups in total. The molecule has 0 aromatic carbocycles. The lowest BCUT2D eigenvalue weighted by atomic mass is 9.97. The van der Waals surface area contributed by atoms with Crippen LogP contribution in [0.3, 0.4) is 0 Å². The Hall–Kier alpha value is -1.16. The summed E-state index contributed by atoms with van der Waals surface area (Å²) in [6.07, 6.45) is 5.22. The summed E-state index contributed by atoms with van der Waals surface area (Å²) in [5.41, 5.74) is 2.27. The van der Waals surface area contributed by atoms with Gasteiger partial charge in [-0.15, -0.1) is 5.10 Å². The summed E-state index contributed by atoms with van der Waals surface area (Å²) in [7, 11) is 0. The second-order valence-corrected chi connectivity index (χ2v) is 4.49. The Morgan fingerprint density at radius 1 is 1.25 bits per heavy atom. The van der Waals surface area contributed by atoms with Gasteiger partial charge in [-0.3, -0.25) is 0 Å². The van der Waals surface area contributed by atoms with Gasteiger partial charge >= 0.3 is 0 Å². The van der Waals surface area contributed by atoms with Gasteiger partial charge in [0.2, 0.25) is 0 Å². The summed E-state index contributed by atoms with van der Waals surface area (Å²) >= 11 is 6.35. The van der Waals surface area contributed by atoms with Crippen LogP contribution in [-0.2, 0) is 19.3 Å². The van der Waals surface area contributed by atoms with Crippen molar-refractivity contribution in [2.45, 2.75) is 39.0 Å². The highest BCUT2D eigenvalue weighted by Crippen LogP contribution is 2.26. The number of nitrogens with zero attached hydrogens (tertiary/aromatic N) is 4. The first-order valence-electron chi connectivity index (χ1n) is 5.72. The van der Waals surface area contributed by atoms with Crippen LogP contribution in [0.4, 0.5) is 0 Å². The molecule has 0 amide bonds. The van der Waals surface area contributed by atoms with Crippen LogP contribution < -0.4 is 0 Å². The first-order chi connectivity index (χ1) is 7.79. The molecule has 4 nitrogen and oxygen atoms in total. The highest BCUT2D eigenvalue weighted by Gasteiger charge is 2.18. The molecule has 5 heteroatoms. The van der Waals surface area contributed by atoms with Crippen LogP contribution in [-0.4, -0.2) is 19.6 Å². The molecule has 84 valence electrons. The first-order valence-corrected chi connectivity index (χ1v) is 6.10. The third-order valence-corrected chi connectivity index (χ3v) is 3.45. The van der Waals surface area contributed by atoms with Crippen molar-refractivity contribution in [1.29, 1.82) is 0 Å². The van der Waals surface area contributed by atoms with Crippen molar-refractivity contribution in [3.63, 3.8) is 0 Å². The monoisotopic (exact) mass is 236 g/mol. The van der Waals surface area contributed by atoms with E-state index in [1.165, 1.54) is 12.8 Å². The predicted molar refractivity (Wildman–Crippen MR) is 61.8 cm³/mol. The lowest BCUT2D eigenvalue weighted by Crippen LogP contribution is -2.10. The summed E-state index contributed by atoms with van der Waals surface area (Å²) in [6.45, 7) is 2.03. The molecule has 0 fully saturated rings. The van der Waals surface area contributed by atoms with Crippen molar-refractivity contribution in [3.8, 4) is 0 Å². The molecule has 0 spiro atoms. The van der Waals surface area contributed by atoms with E-state index in [-0.39, 0.29) is 0 Å². The van der Waals surface area contributed by atoms with E-state index in [9.17, 15) is 0 Å². The second-order valence-electron chi connectivity index (χ2n) is 4.13. The zero-order valence-electron chi connectivity index (χ0n) is 9.20. The van der Waals surface area contributed by atoms with Gasteiger partial charge in [0.15, 0.2) is 5.82 Å². The van der Waals surface area contributed by atoms with E-state index in [0.29, 0.717) is 10.9 Å². The summed E-state index contributed by atoms with van der Waals surface area (Å²) in [6, 6.07) is 0. The second kappa shape index (κ2) is 3.70. The summed E-state index contributed by atoms with van der Waals surface area (Å²) in [4.78, 5) is 8.91. The molecule has 3 rings (SSSR count). The van der Waals surface area contributed by atoms with Crippen molar-refractivity contribution in [2.75, 3.05) is 0 Å². The molecule has 1 aliphatic carbocycles. The average Bonchev–Trinajstić information content (AvgIpc) is 2.73. The molecule has 0 bridgehead atoms. The van der Waals surface area contributed by atoms with Crippen molar-refractivity contribution >= 4 is 17.4 Å². The normalized spacial score (nSPS) is 15.4. The van der Waals surface area contributed by atoms with Gasteiger partial charge in [-0.05, 0) is 25.7 Å². The van der Waals surface area contributed by atoms with Crippen LogP contribution in [0.2, 0.25) is 5.15 Å². The smallest absolute Gasteiger partial charge is 0.216 e. The number of rotatable bonds is 1. The number of hydrogen-bond acceptors (Lipinski definition) is 3. The van der Waals surface area contributed by atoms with E-state index in [1.807, 2.05) is 6.92 Å². The highest BCUT2D eigenvalue weighted by molar-refractivity contribution is 6.30. The van der Waals surface area contributed by atoms with Gasteiger partial charge in [-0.2, -0.15) is 9.50 Å². The Kier molecular flexibility index (Phi) is 2.32. The van der Waals surface area contributed by atoms with Crippen LogP contribution in [0.1, 0.15) is 36.8 Å². The van der Waals surface area contributed by atoms with Gasteiger partial charge < -0.3 is 0 Å². The van der Waals surface area contributed by atoms with E-state index in [2.05, 4.69) is 15.1 Å². The van der Waals surface area contributed by atoms with Gasteiger partial charge in [0.25, 0.3) is 5.78 Å². The van der Waals surface area contributed by atoms with E-state index >= 15 is 0 Å². The van der Waals surface area contributed by atoms with Gasteiger partial charge in [0, 0.05) is 12.0 Å².